The molecule has 0 fully saturated rings. The summed E-state index contributed by atoms with van der Waals surface area (Å²) in [6.07, 6.45) is 2.22. The van der Waals surface area contributed by atoms with E-state index in [-0.39, 0.29) is 5.91 Å². The highest BCUT2D eigenvalue weighted by Crippen LogP contribution is 2.18. The summed E-state index contributed by atoms with van der Waals surface area (Å²) in [6.45, 7) is 0. The maximum Gasteiger partial charge on any atom is 0.271 e. The first-order chi connectivity index (χ1) is 14.6. The monoisotopic (exact) mass is 418 g/mol. The Balaban J connectivity index is 1.44. The second-order valence-corrected chi connectivity index (χ2v) is 7.13. The molecule has 2 N–H and O–H groups in total. The molecule has 0 radical (unpaired) electrons. The van der Waals surface area contributed by atoms with Crippen molar-refractivity contribution >= 4 is 34.8 Å². The third kappa shape index (κ3) is 4.67. The summed E-state index contributed by atoms with van der Waals surface area (Å²) < 4.78 is 5.18. The van der Waals surface area contributed by atoms with Gasteiger partial charge in [-0.15, -0.1) is 0 Å². The average molecular weight is 419 g/mol. The number of benzene rings is 3. The first kappa shape index (κ1) is 19.7. The third-order valence-corrected chi connectivity index (χ3v) is 4.83. The van der Waals surface area contributed by atoms with Crippen LogP contribution in [0.4, 0.5) is 0 Å². The number of methoxy groups -OCH3 is 1. The smallest absolute Gasteiger partial charge is 0.271 e. The minimum atomic E-state index is -0.298. The predicted octanol–water partition coefficient (Wildman–Crippen LogP) is 4.58. The third-order valence-electron chi connectivity index (χ3n) is 4.57. The summed E-state index contributed by atoms with van der Waals surface area (Å²) in [5.41, 5.74) is 6.59. The molecule has 150 valence electrons. The number of amides is 1. The zero-order chi connectivity index (χ0) is 20.9. The molecule has 0 saturated carbocycles. The molecule has 30 heavy (non-hydrogen) atoms. The van der Waals surface area contributed by atoms with E-state index in [0.29, 0.717) is 17.0 Å². The van der Waals surface area contributed by atoms with Crippen molar-refractivity contribution in [2.24, 2.45) is 5.10 Å². The van der Waals surface area contributed by atoms with Crippen molar-refractivity contribution in [3.63, 3.8) is 0 Å². The van der Waals surface area contributed by atoms with E-state index in [4.69, 9.17) is 16.3 Å². The fraction of sp³-hybridized carbons (Fsp3) is 0.0870. The number of imidazole rings is 1. The second-order valence-electron chi connectivity index (χ2n) is 6.69. The first-order valence-corrected chi connectivity index (χ1v) is 9.69. The van der Waals surface area contributed by atoms with Gasteiger partial charge in [0.25, 0.3) is 5.91 Å². The Morgan fingerprint density at radius 3 is 2.63 bits per heavy atom. The number of hydrazone groups is 1. The Morgan fingerprint density at radius 1 is 1.13 bits per heavy atom. The standard InChI is InChI=1S/C23H19ClN4O2/c1-30-19-9-4-15(5-10-19)12-22-26-20-11-6-17(13-21(20)27-22)23(29)28-25-14-16-2-7-18(24)8-3-16/h2-11,13-14H,12H2,1H3,(H,26,27)(H,28,29)/b25-14-. The van der Waals surface area contributed by atoms with Crippen LogP contribution in [0.2, 0.25) is 5.02 Å². The minimum Gasteiger partial charge on any atom is -0.497 e. The van der Waals surface area contributed by atoms with E-state index in [9.17, 15) is 4.79 Å². The Kier molecular flexibility index (Phi) is 5.77. The minimum absolute atomic E-state index is 0.298. The summed E-state index contributed by atoms with van der Waals surface area (Å²) >= 11 is 5.86. The van der Waals surface area contributed by atoms with Crippen LogP contribution in [-0.4, -0.2) is 29.2 Å². The lowest BCUT2D eigenvalue weighted by molar-refractivity contribution is 0.0955. The van der Waals surface area contributed by atoms with Gasteiger partial charge in [-0.1, -0.05) is 35.9 Å². The number of H-pyrrole nitrogens is 1. The number of carbonyl (C=O) groups is 1. The maximum absolute atomic E-state index is 12.4. The van der Waals surface area contributed by atoms with Gasteiger partial charge in [0, 0.05) is 17.0 Å². The van der Waals surface area contributed by atoms with Gasteiger partial charge >= 0.3 is 0 Å². The van der Waals surface area contributed by atoms with Gasteiger partial charge < -0.3 is 9.72 Å². The molecular weight excluding hydrogens is 400 g/mol. The molecule has 0 bridgehead atoms. The SMILES string of the molecule is COc1ccc(Cc2nc3ccc(C(=O)N/N=C\c4ccc(Cl)cc4)cc3[nH]2)cc1. The molecule has 0 spiro atoms. The summed E-state index contributed by atoms with van der Waals surface area (Å²) in [5.74, 6) is 1.35. The van der Waals surface area contributed by atoms with Gasteiger partial charge in [-0.05, 0) is 53.6 Å². The molecule has 0 saturated heterocycles. The van der Waals surface area contributed by atoms with Crippen molar-refractivity contribution in [2.45, 2.75) is 6.42 Å². The van der Waals surface area contributed by atoms with Crippen molar-refractivity contribution in [2.75, 3.05) is 7.11 Å². The zero-order valence-electron chi connectivity index (χ0n) is 16.2. The van der Waals surface area contributed by atoms with Crippen LogP contribution in [0.1, 0.15) is 27.3 Å². The number of hydrogen-bond acceptors (Lipinski definition) is 4. The lowest BCUT2D eigenvalue weighted by Gasteiger charge is -2.01. The summed E-state index contributed by atoms with van der Waals surface area (Å²) in [4.78, 5) is 20.3. The van der Waals surface area contributed by atoms with Crippen LogP contribution in [0.25, 0.3) is 11.0 Å². The van der Waals surface area contributed by atoms with Gasteiger partial charge in [0.1, 0.15) is 11.6 Å². The average Bonchev–Trinajstić information content (AvgIpc) is 3.17. The van der Waals surface area contributed by atoms with E-state index < -0.39 is 0 Å². The normalized spacial score (nSPS) is 11.1. The van der Waals surface area contributed by atoms with E-state index in [2.05, 4.69) is 20.5 Å². The van der Waals surface area contributed by atoms with Gasteiger partial charge in [0.05, 0.1) is 24.4 Å². The molecule has 1 amide bonds. The van der Waals surface area contributed by atoms with Crippen LogP contribution >= 0.6 is 11.6 Å². The Labute approximate surface area is 178 Å². The van der Waals surface area contributed by atoms with Gasteiger partial charge in [0.2, 0.25) is 0 Å². The second kappa shape index (κ2) is 8.80. The summed E-state index contributed by atoms with van der Waals surface area (Å²) in [5, 5.41) is 4.65. The Morgan fingerprint density at radius 2 is 1.90 bits per heavy atom. The van der Waals surface area contributed by atoms with Gasteiger partial charge in [-0.25, -0.2) is 10.4 Å². The van der Waals surface area contributed by atoms with Crippen LogP contribution in [-0.2, 0) is 6.42 Å². The molecule has 6 nitrogen and oxygen atoms in total. The van der Waals surface area contributed by atoms with Crippen molar-refractivity contribution in [3.05, 3.63) is 94.3 Å². The van der Waals surface area contributed by atoms with Crippen LogP contribution in [0.3, 0.4) is 0 Å². The molecule has 3 aromatic carbocycles. The number of hydrogen-bond donors (Lipinski definition) is 2. The van der Waals surface area contributed by atoms with Gasteiger partial charge in [-0.3, -0.25) is 4.79 Å². The van der Waals surface area contributed by atoms with Crippen LogP contribution in [0, 0.1) is 0 Å². The number of fused-ring (bicyclic) bond motifs is 1. The van der Waals surface area contributed by atoms with Gasteiger partial charge in [-0.2, -0.15) is 5.10 Å². The fourth-order valence-electron chi connectivity index (χ4n) is 3.00. The molecule has 1 heterocycles. The number of rotatable bonds is 6. The highest BCUT2D eigenvalue weighted by molar-refractivity contribution is 6.30. The molecule has 7 heteroatoms. The predicted molar refractivity (Wildman–Crippen MR) is 118 cm³/mol. The molecule has 0 atom stereocenters. The lowest BCUT2D eigenvalue weighted by Crippen LogP contribution is -2.17. The number of ether oxygens (including phenoxy) is 1. The van der Waals surface area contributed by atoms with Crippen molar-refractivity contribution < 1.29 is 9.53 Å². The molecule has 0 aliphatic rings. The van der Waals surface area contributed by atoms with Gasteiger partial charge in [0.15, 0.2) is 0 Å². The van der Waals surface area contributed by atoms with E-state index in [1.165, 1.54) is 0 Å². The lowest BCUT2D eigenvalue weighted by atomic mass is 10.1. The fourth-order valence-corrected chi connectivity index (χ4v) is 3.13. The molecule has 4 rings (SSSR count). The topological polar surface area (TPSA) is 79.4 Å². The molecule has 0 aliphatic heterocycles. The Hall–Kier alpha value is -3.64. The number of halogens is 1. The molecule has 0 aliphatic carbocycles. The number of aromatic amines is 1. The zero-order valence-corrected chi connectivity index (χ0v) is 17.0. The molecule has 4 aromatic rings. The molecule has 1 aromatic heterocycles. The largest absolute Gasteiger partial charge is 0.497 e. The number of nitrogens with zero attached hydrogens (tertiary/aromatic N) is 2. The van der Waals surface area contributed by atoms with Crippen LogP contribution in [0.15, 0.2) is 71.8 Å². The summed E-state index contributed by atoms with van der Waals surface area (Å²) in [7, 11) is 1.64. The van der Waals surface area contributed by atoms with E-state index in [1.807, 2.05) is 42.5 Å². The van der Waals surface area contributed by atoms with Crippen molar-refractivity contribution in [1.82, 2.24) is 15.4 Å². The first-order valence-electron chi connectivity index (χ1n) is 9.31. The van der Waals surface area contributed by atoms with E-state index in [1.54, 1.807) is 37.6 Å². The number of carbonyl (C=O) groups excluding carboxylic acids is 1. The van der Waals surface area contributed by atoms with Crippen molar-refractivity contribution in [1.29, 1.82) is 0 Å². The van der Waals surface area contributed by atoms with E-state index in [0.717, 1.165) is 33.7 Å². The Bertz CT molecular complexity index is 1200. The van der Waals surface area contributed by atoms with Crippen LogP contribution in [0.5, 0.6) is 5.75 Å². The summed E-state index contributed by atoms with van der Waals surface area (Å²) in [6, 6.07) is 20.3. The maximum atomic E-state index is 12.4. The van der Waals surface area contributed by atoms with Crippen molar-refractivity contribution in [3.8, 4) is 5.75 Å². The molecule has 0 unspecified atom stereocenters. The quantitative estimate of drug-likeness (QED) is 0.355. The number of aromatic nitrogens is 2. The number of nitrogens with one attached hydrogen (secondary N) is 2. The highest BCUT2D eigenvalue weighted by atomic mass is 35.5. The molecular formula is C23H19ClN4O2. The highest BCUT2D eigenvalue weighted by Gasteiger charge is 2.09. The van der Waals surface area contributed by atoms with Crippen LogP contribution < -0.4 is 10.2 Å². The van der Waals surface area contributed by atoms with E-state index >= 15 is 0 Å².